The van der Waals surface area contributed by atoms with Gasteiger partial charge in [0, 0.05) is 44.2 Å². The van der Waals surface area contributed by atoms with Gasteiger partial charge in [0.15, 0.2) is 0 Å². The van der Waals surface area contributed by atoms with Crippen molar-refractivity contribution >= 4 is 296 Å². The van der Waals surface area contributed by atoms with Gasteiger partial charge in [-0.05, 0) is 68.4 Å². The minimum atomic E-state index is 1.21. The molecule has 2 nitrogen and oxygen atoms in total. The van der Waals surface area contributed by atoms with E-state index in [1.54, 1.807) is 0 Å². The summed E-state index contributed by atoms with van der Waals surface area (Å²) in [5.74, 6) is 0. The summed E-state index contributed by atoms with van der Waals surface area (Å²) in [4.78, 5) is 0. The molecule has 69 heavy (non-hydrogen) atoms. The van der Waals surface area contributed by atoms with Gasteiger partial charge >= 0.3 is 0 Å². The highest BCUT2D eigenvalue weighted by molar-refractivity contribution is 6.72. The van der Waals surface area contributed by atoms with Crippen LogP contribution < -0.4 is 104 Å². The zero-order chi connectivity index (χ0) is 49.6. The van der Waals surface area contributed by atoms with Crippen LogP contribution >= 0.6 is 0 Å². The summed E-state index contributed by atoms with van der Waals surface area (Å²) < 4.78 is 5.26. The first-order valence-corrected chi connectivity index (χ1v) is 25.1. The van der Waals surface area contributed by atoms with Crippen LogP contribution in [0.3, 0.4) is 0 Å². The Morgan fingerprint density at radius 3 is 1.09 bits per heavy atom. The SMILES string of the molecule is Bc1ccc(-c2ccc(-n3c4c(B)c(B)c(B)c(B)c4c4c(B)c(-c5c(B)c(B)c6c(c5B)c5c(B)c(B)c(B)c(B)c5n6-c5ccc(B)c(-c6ccc(B)cc6B)c5)c(B)c(B)c43)cc2B)cc1. The molecule has 0 atom stereocenters. The summed E-state index contributed by atoms with van der Waals surface area (Å²) in [7, 11) is 44.3. The second-order valence-corrected chi connectivity index (χ2v) is 21.2. The van der Waals surface area contributed by atoms with E-state index in [0.717, 1.165) is 0 Å². The van der Waals surface area contributed by atoms with Crippen molar-refractivity contribution in [3.8, 4) is 44.8 Å². The smallest absolute Gasteiger partial charge is 0.141 e. The maximum atomic E-state index is 2.64. The van der Waals surface area contributed by atoms with Gasteiger partial charge in [-0.1, -0.05) is 147 Å². The monoisotopic (exact) mass is 865 g/mol. The summed E-state index contributed by atoms with van der Waals surface area (Å²) in [6.07, 6.45) is 0. The van der Waals surface area contributed by atoms with Crippen LogP contribution in [0, 0.1) is 0 Å². The Labute approximate surface area is 426 Å². The Bertz CT molecular complexity index is 3950. The van der Waals surface area contributed by atoms with Crippen LogP contribution in [0.15, 0.2) is 78.9 Å². The van der Waals surface area contributed by atoms with Gasteiger partial charge in [-0.3, -0.25) is 0 Å². The van der Waals surface area contributed by atoms with Gasteiger partial charge in [0.25, 0.3) is 0 Å². The molecule has 0 N–H and O–H groups in total. The van der Waals surface area contributed by atoms with Gasteiger partial charge in [-0.2, -0.15) is 0 Å². The summed E-state index contributed by atoms with van der Waals surface area (Å²) in [5.41, 5.74) is 41.2. The van der Waals surface area contributed by atoms with Gasteiger partial charge < -0.3 is 9.13 Å². The molecule has 0 aliphatic heterocycles. The minimum Gasteiger partial charge on any atom is -0.310 e. The van der Waals surface area contributed by atoms with Gasteiger partial charge in [0.2, 0.25) is 0 Å². The average Bonchev–Trinajstić information content (AvgIpc) is 3.88. The lowest BCUT2D eigenvalue weighted by Gasteiger charge is -2.24. The second kappa shape index (κ2) is 16.9. The first-order chi connectivity index (χ1) is 32.7. The molecule has 0 radical (unpaired) electrons. The Morgan fingerprint density at radius 1 is 0.246 bits per heavy atom. The first kappa shape index (κ1) is 47.3. The molecule has 8 aromatic carbocycles. The third kappa shape index (κ3) is 6.82. The zero-order valence-corrected chi connectivity index (χ0v) is 44.9. The fourth-order valence-corrected chi connectivity index (χ4v) is 12.7. The van der Waals surface area contributed by atoms with Crippen LogP contribution in [-0.4, -0.2) is 158 Å². The highest BCUT2D eigenvalue weighted by Gasteiger charge is 2.29. The largest absolute Gasteiger partial charge is 0.310 e. The third-order valence-electron chi connectivity index (χ3n) is 17.5. The Balaban J connectivity index is 1.32. The zero-order valence-electron chi connectivity index (χ0n) is 44.9. The topological polar surface area (TPSA) is 9.86 Å². The molecule has 0 amide bonds. The van der Waals surface area contributed by atoms with Crippen molar-refractivity contribution < 1.29 is 0 Å². The maximum absolute atomic E-state index is 2.64. The summed E-state index contributed by atoms with van der Waals surface area (Å²) >= 11 is 0. The number of benzene rings is 8. The second-order valence-electron chi connectivity index (χ2n) is 21.2. The molecule has 10 rings (SSSR count). The van der Waals surface area contributed by atoms with Crippen molar-refractivity contribution in [3.05, 3.63) is 78.9 Å². The molecule has 0 aliphatic rings. The molecule has 0 aliphatic carbocycles. The van der Waals surface area contributed by atoms with Gasteiger partial charge in [0.05, 0.1) is 0 Å². The fraction of sp³-hybridized carbons (Fsp3) is 0. The molecule has 0 saturated heterocycles. The van der Waals surface area contributed by atoms with Crippen LogP contribution in [0.4, 0.5) is 0 Å². The molecule has 310 valence electrons. The molecule has 10 aromatic rings. The molecule has 2 heterocycles. The molecular formula is C48H51B19N2. The number of hydrogen-bond acceptors (Lipinski definition) is 0. The number of aromatic nitrogens is 2. The lowest BCUT2D eigenvalue weighted by Crippen LogP contribution is -2.48. The van der Waals surface area contributed by atoms with E-state index in [1.165, 1.54) is 192 Å². The third-order valence-corrected chi connectivity index (χ3v) is 17.5. The molecule has 0 unspecified atom stereocenters. The van der Waals surface area contributed by atoms with Crippen molar-refractivity contribution in [1.82, 2.24) is 9.13 Å². The van der Waals surface area contributed by atoms with Crippen molar-refractivity contribution in [1.29, 1.82) is 0 Å². The van der Waals surface area contributed by atoms with Gasteiger partial charge in [-0.15, -0.1) is 10.9 Å². The van der Waals surface area contributed by atoms with E-state index in [-0.39, 0.29) is 0 Å². The maximum Gasteiger partial charge on any atom is 0.141 e. The van der Waals surface area contributed by atoms with Gasteiger partial charge in [0.1, 0.15) is 149 Å². The van der Waals surface area contributed by atoms with Crippen LogP contribution in [-0.2, 0) is 0 Å². The normalized spacial score (nSPS) is 11.7. The summed E-state index contributed by atoms with van der Waals surface area (Å²) in [6.45, 7) is 0. The highest BCUT2D eigenvalue weighted by Crippen LogP contribution is 2.33. The number of fused-ring (bicyclic) bond motifs is 6. The fourth-order valence-electron chi connectivity index (χ4n) is 12.7. The molecule has 0 saturated carbocycles. The van der Waals surface area contributed by atoms with Gasteiger partial charge in [-0.25, -0.2) is 0 Å². The van der Waals surface area contributed by atoms with Crippen LogP contribution in [0.25, 0.3) is 88.4 Å². The average molecular weight is 861 g/mol. The lowest BCUT2D eigenvalue weighted by molar-refractivity contribution is 1.19. The first-order valence-electron chi connectivity index (χ1n) is 25.1. The van der Waals surface area contributed by atoms with E-state index in [1.807, 2.05) is 0 Å². The molecular weight excluding hydrogens is 810 g/mol. The standard InChI is InChI=1S/C48H51B19N2/c49-15-3-1-14(2-4-15)19-9-6-18(13-24(19)53)69-46-28(30-36(59)38(61)40(63)44(67)48(30)69)32(55)26(34(57)42(46)65)25-31(54)27-29-35(58)37(60)39(62)43(66)47(29)68(45(27)41(64)33(25)56)17-7-10-22(51)21(12-17)20-8-5-16(50)11-23(20)52/h1-13H,49-67H2. The van der Waals surface area contributed by atoms with Crippen molar-refractivity contribution in [2.75, 3.05) is 0 Å². The van der Waals surface area contributed by atoms with E-state index < -0.39 is 0 Å². The van der Waals surface area contributed by atoms with Crippen molar-refractivity contribution in [2.24, 2.45) is 0 Å². The van der Waals surface area contributed by atoms with E-state index in [4.69, 9.17) is 0 Å². The molecule has 0 spiro atoms. The van der Waals surface area contributed by atoms with E-state index >= 15 is 0 Å². The predicted molar refractivity (Wildman–Crippen MR) is 367 cm³/mol. The summed E-state index contributed by atoms with van der Waals surface area (Å²) in [5, 5.41) is 5.52. The molecule has 2 aromatic heterocycles. The molecule has 0 bridgehead atoms. The summed E-state index contributed by atoms with van der Waals surface area (Å²) in [6, 6.07) is 30.1. The molecule has 21 heteroatoms. The number of rotatable bonds is 5. The molecule has 0 fully saturated rings. The minimum absolute atomic E-state index is 1.21. The predicted octanol–water partition coefficient (Wildman–Crippen LogP) is -20.2. The highest BCUT2D eigenvalue weighted by atomic mass is 15.0. The van der Waals surface area contributed by atoms with Crippen LogP contribution in [0.2, 0.25) is 0 Å². The van der Waals surface area contributed by atoms with Crippen molar-refractivity contribution in [2.45, 2.75) is 0 Å². The number of hydrogen-bond donors (Lipinski definition) is 0. The Morgan fingerprint density at radius 2 is 0.623 bits per heavy atom. The van der Waals surface area contributed by atoms with E-state index in [9.17, 15) is 0 Å². The van der Waals surface area contributed by atoms with Crippen LogP contribution in [0.5, 0.6) is 0 Å². The van der Waals surface area contributed by atoms with E-state index in [2.05, 4.69) is 237 Å². The Kier molecular flexibility index (Phi) is 11.6. The van der Waals surface area contributed by atoms with Crippen molar-refractivity contribution in [3.63, 3.8) is 0 Å². The van der Waals surface area contributed by atoms with Crippen LogP contribution in [0.1, 0.15) is 0 Å². The van der Waals surface area contributed by atoms with E-state index in [0.29, 0.717) is 0 Å². The Hall–Kier alpha value is -5.41. The quantitative estimate of drug-likeness (QED) is 0.153. The lowest BCUT2D eigenvalue weighted by atomic mass is 9.61. The number of nitrogens with zero attached hydrogens (tertiary/aromatic N) is 2.